The molecule has 0 rings (SSSR count). The van der Waals surface area contributed by atoms with E-state index >= 15 is 0 Å². The second kappa shape index (κ2) is 4.39. The van der Waals surface area contributed by atoms with Gasteiger partial charge in [0, 0.05) is 13.0 Å². The largest absolute Gasteiger partial charge is 0.292 e. The van der Waals surface area contributed by atoms with Crippen molar-refractivity contribution in [3.05, 3.63) is 0 Å². The minimum Gasteiger partial charge on any atom is -0.292 e. The zero-order valence-electron chi connectivity index (χ0n) is 6.86. The highest BCUT2D eigenvalue weighted by molar-refractivity contribution is 7.85. The van der Waals surface area contributed by atoms with Crippen LogP contribution in [0.2, 0.25) is 0 Å². The van der Waals surface area contributed by atoms with Gasteiger partial charge in [0.15, 0.2) is 0 Å². The molecule has 0 aliphatic heterocycles. The number of hydrogen-bond donors (Lipinski definition) is 3. The second-order valence-corrected chi connectivity index (χ2v) is 3.97. The molecule has 1 amide bonds. The molecule has 0 aromatic carbocycles. The number of hydrogen-bond acceptors (Lipinski definition) is 4. The van der Waals surface area contributed by atoms with Crippen molar-refractivity contribution in [1.29, 1.82) is 0 Å². The van der Waals surface area contributed by atoms with Crippen LogP contribution >= 0.6 is 0 Å². The fraction of sp³-hybridized carbons (Fsp3) is 0.800. The molecule has 0 saturated heterocycles. The van der Waals surface area contributed by atoms with E-state index in [1.807, 2.05) is 0 Å². The molecule has 0 aromatic heterocycles. The summed E-state index contributed by atoms with van der Waals surface area (Å²) < 4.78 is 29.0. The average Bonchev–Trinajstić information content (AvgIpc) is 1.79. The molecule has 0 saturated carbocycles. The molecule has 0 fully saturated rings. The van der Waals surface area contributed by atoms with Crippen LogP contribution in [-0.4, -0.2) is 30.7 Å². The molecule has 0 heterocycles. The van der Waals surface area contributed by atoms with Gasteiger partial charge in [-0.1, -0.05) is 0 Å². The average molecular weight is 196 g/mol. The first-order valence-electron chi connectivity index (χ1n) is 3.28. The van der Waals surface area contributed by atoms with E-state index in [2.05, 4.69) is 10.9 Å². The first-order chi connectivity index (χ1) is 5.31. The van der Waals surface area contributed by atoms with Crippen molar-refractivity contribution in [3.8, 4) is 0 Å². The molecule has 0 spiro atoms. The van der Waals surface area contributed by atoms with Crippen molar-refractivity contribution in [2.45, 2.75) is 19.9 Å². The van der Waals surface area contributed by atoms with Gasteiger partial charge < -0.3 is 0 Å². The van der Waals surface area contributed by atoms with E-state index in [1.165, 1.54) is 13.8 Å². The van der Waals surface area contributed by atoms with Crippen LogP contribution in [0.15, 0.2) is 0 Å². The highest BCUT2D eigenvalue weighted by Crippen LogP contribution is 1.87. The quantitative estimate of drug-likeness (QED) is 0.392. The summed E-state index contributed by atoms with van der Waals surface area (Å²) in [6, 6.07) is -0.524. The molecular weight excluding hydrogens is 184 g/mol. The third kappa shape index (κ3) is 7.45. The highest BCUT2D eigenvalue weighted by atomic mass is 32.2. The van der Waals surface area contributed by atoms with Gasteiger partial charge in [-0.25, -0.2) is 5.43 Å². The number of nitrogens with one attached hydrogen (secondary N) is 2. The molecule has 3 N–H and O–H groups in total. The molecule has 1 unspecified atom stereocenters. The van der Waals surface area contributed by atoms with Gasteiger partial charge >= 0.3 is 0 Å². The Morgan fingerprint density at radius 1 is 1.58 bits per heavy atom. The maximum absolute atomic E-state index is 10.3. The summed E-state index contributed by atoms with van der Waals surface area (Å²) in [4.78, 5) is 10.3. The third-order valence-corrected chi connectivity index (χ3v) is 1.88. The molecule has 12 heavy (non-hydrogen) atoms. The lowest BCUT2D eigenvalue weighted by Crippen LogP contribution is -2.44. The van der Waals surface area contributed by atoms with Gasteiger partial charge in [0.1, 0.15) is 0 Å². The Kier molecular flexibility index (Phi) is 4.15. The summed E-state index contributed by atoms with van der Waals surface area (Å²) in [6.45, 7) is 2.80. The van der Waals surface area contributed by atoms with Gasteiger partial charge in [-0.3, -0.25) is 14.8 Å². The van der Waals surface area contributed by atoms with E-state index in [-0.39, 0.29) is 5.91 Å². The Morgan fingerprint density at radius 3 is 2.42 bits per heavy atom. The van der Waals surface area contributed by atoms with Gasteiger partial charge in [0.25, 0.3) is 10.1 Å². The number of hydrazine groups is 1. The number of carbonyl (C=O) groups is 1. The normalized spacial score (nSPS) is 13.9. The Morgan fingerprint density at radius 2 is 2.08 bits per heavy atom. The molecule has 0 aliphatic carbocycles. The molecule has 6 nitrogen and oxygen atoms in total. The fourth-order valence-corrected chi connectivity index (χ4v) is 1.30. The zero-order chi connectivity index (χ0) is 9.78. The summed E-state index contributed by atoms with van der Waals surface area (Å²) in [7, 11) is -3.99. The molecule has 1 atom stereocenters. The molecule has 0 bridgehead atoms. The molecule has 0 aromatic rings. The minimum atomic E-state index is -3.99. The summed E-state index contributed by atoms with van der Waals surface area (Å²) >= 11 is 0. The molecule has 72 valence electrons. The Bertz CT molecular complexity index is 248. The van der Waals surface area contributed by atoms with Crippen LogP contribution in [0.4, 0.5) is 0 Å². The van der Waals surface area contributed by atoms with Crippen molar-refractivity contribution in [3.63, 3.8) is 0 Å². The maximum atomic E-state index is 10.3. The van der Waals surface area contributed by atoms with Gasteiger partial charge in [0.2, 0.25) is 5.91 Å². The lowest BCUT2D eigenvalue weighted by Gasteiger charge is -2.11. The Hall–Kier alpha value is -0.660. The number of rotatable bonds is 4. The highest BCUT2D eigenvalue weighted by Gasteiger charge is 2.11. The lowest BCUT2D eigenvalue weighted by molar-refractivity contribution is -0.120. The van der Waals surface area contributed by atoms with Crippen LogP contribution in [-0.2, 0) is 14.9 Å². The van der Waals surface area contributed by atoms with Crippen LogP contribution in [0.1, 0.15) is 13.8 Å². The summed E-state index contributed by atoms with van der Waals surface area (Å²) in [5.74, 6) is -0.759. The van der Waals surface area contributed by atoms with Gasteiger partial charge in [-0.2, -0.15) is 8.42 Å². The van der Waals surface area contributed by atoms with Crippen LogP contribution in [0.5, 0.6) is 0 Å². The Balaban J connectivity index is 3.75. The van der Waals surface area contributed by atoms with Crippen LogP contribution in [0, 0.1) is 0 Å². The second-order valence-electron chi connectivity index (χ2n) is 2.48. The van der Waals surface area contributed by atoms with E-state index in [0.29, 0.717) is 0 Å². The summed E-state index contributed by atoms with van der Waals surface area (Å²) in [5.41, 5.74) is 4.60. The molecule has 0 aliphatic rings. The van der Waals surface area contributed by atoms with E-state index in [0.717, 1.165) is 0 Å². The number of carbonyl (C=O) groups excluding carboxylic acids is 1. The first kappa shape index (κ1) is 11.3. The summed E-state index contributed by atoms with van der Waals surface area (Å²) in [6.07, 6.45) is 0. The monoisotopic (exact) mass is 196 g/mol. The topological polar surface area (TPSA) is 95.5 Å². The standard InChI is InChI=1S/C5H12N2O4S/c1-4(3-12(9,10)11)6-7-5(2)8/h4,6H,3H2,1-2H3,(H,7,8)(H,9,10,11). The molecule has 7 heteroatoms. The Labute approximate surface area is 71.1 Å². The predicted octanol–water partition coefficient (Wildman–Crippen LogP) is -1.10. The van der Waals surface area contributed by atoms with Gasteiger partial charge in [-0.15, -0.1) is 0 Å². The van der Waals surface area contributed by atoms with Gasteiger partial charge in [-0.05, 0) is 6.92 Å². The van der Waals surface area contributed by atoms with Crippen LogP contribution < -0.4 is 10.9 Å². The first-order valence-corrected chi connectivity index (χ1v) is 4.89. The smallest absolute Gasteiger partial charge is 0.266 e. The molecule has 0 radical (unpaired) electrons. The van der Waals surface area contributed by atoms with Crippen molar-refractivity contribution in [2.75, 3.05) is 5.75 Å². The SMILES string of the molecule is CC(=O)NNC(C)CS(=O)(=O)O. The van der Waals surface area contributed by atoms with Crippen molar-refractivity contribution < 1.29 is 17.8 Å². The maximum Gasteiger partial charge on any atom is 0.266 e. The van der Waals surface area contributed by atoms with E-state index in [9.17, 15) is 13.2 Å². The van der Waals surface area contributed by atoms with E-state index < -0.39 is 21.9 Å². The molecular formula is C5H12N2O4S. The zero-order valence-corrected chi connectivity index (χ0v) is 7.68. The van der Waals surface area contributed by atoms with Crippen LogP contribution in [0.25, 0.3) is 0 Å². The third-order valence-electron chi connectivity index (χ3n) is 0.955. The summed E-state index contributed by atoms with van der Waals surface area (Å²) in [5, 5.41) is 0. The van der Waals surface area contributed by atoms with Gasteiger partial charge in [0.05, 0.1) is 5.75 Å². The van der Waals surface area contributed by atoms with Crippen molar-refractivity contribution in [2.24, 2.45) is 0 Å². The van der Waals surface area contributed by atoms with Crippen LogP contribution in [0.3, 0.4) is 0 Å². The van der Waals surface area contributed by atoms with Crippen molar-refractivity contribution >= 4 is 16.0 Å². The lowest BCUT2D eigenvalue weighted by atomic mass is 10.4. The van der Waals surface area contributed by atoms with E-state index in [4.69, 9.17) is 4.55 Å². The van der Waals surface area contributed by atoms with Crippen molar-refractivity contribution in [1.82, 2.24) is 10.9 Å². The predicted molar refractivity (Wildman–Crippen MR) is 42.8 cm³/mol. The van der Waals surface area contributed by atoms with E-state index in [1.54, 1.807) is 0 Å². The minimum absolute atomic E-state index is 0.322. The fourth-order valence-electron chi connectivity index (χ4n) is 0.582. The number of amides is 1.